The summed E-state index contributed by atoms with van der Waals surface area (Å²) in [6.07, 6.45) is 0. The molecular formula is C26H31N. The molecule has 27 heavy (non-hydrogen) atoms. The van der Waals surface area contributed by atoms with Crippen molar-refractivity contribution in [2.75, 3.05) is 5.73 Å². The van der Waals surface area contributed by atoms with Crippen molar-refractivity contribution >= 4 is 5.69 Å². The molecule has 1 heteroatoms. The Kier molecular flexibility index (Phi) is 4.90. The van der Waals surface area contributed by atoms with E-state index in [0.29, 0.717) is 0 Å². The van der Waals surface area contributed by atoms with Crippen molar-refractivity contribution in [2.45, 2.75) is 52.4 Å². The predicted molar refractivity (Wildman–Crippen MR) is 119 cm³/mol. The van der Waals surface area contributed by atoms with Gasteiger partial charge in [-0.15, -0.1) is 0 Å². The highest BCUT2D eigenvalue weighted by Gasteiger charge is 2.16. The van der Waals surface area contributed by atoms with Crippen LogP contribution in [0.3, 0.4) is 0 Å². The average Bonchev–Trinajstić information content (AvgIpc) is 2.60. The molecule has 0 fully saturated rings. The zero-order valence-electron chi connectivity index (χ0n) is 17.4. The molecule has 0 amide bonds. The summed E-state index contributed by atoms with van der Waals surface area (Å²) >= 11 is 0. The molecule has 2 N–H and O–H groups in total. The molecule has 0 spiro atoms. The Labute approximate surface area is 164 Å². The van der Waals surface area contributed by atoms with E-state index in [-0.39, 0.29) is 10.8 Å². The summed E-state index contributed by atoms with van der Waals surface area (Å²) in [5.41, 5.74) is 14.7. The minimum atomic E-state index is 0.153. The van der Waals surface area contributed by atoms with Crippen molar-refractivity contribution in [2.24, 2.45) is 0 Å². The van der Waals surface area contributed by atoms with Gasteiger partial charge in [0.2, 0.25) is 0 Å². The van der Waals surface area contributed by atoms with Gasteiger partial charge in [-0.25, -0.2) is 0 Å². The van der Waals surface area contributed by atoms with Crippen LogP contribution in [0.15, 0.2) is 66.7 Å². The molecule has 0 heterocycles. The second-order valence-corrected chi connectivity index (χ2v) is 9.46. The zero-order valence-corrected chi connectivity index (χ0v) is 17.4. The van der Waals surface area contributed by atoms with Gasteiger partial charge in [0, 0.05) is 5.69 Å². The lowest BCUT2D eigenvalue weighted by atomic mass is 9.84. The second kappa shape index (κ2) is 6.88. The van der Waals surface area contributed by atoms with Gasteiger partial charge in [-0.05, 0) is 56.3 Å². The van der Waals surface area contributed by atoms with E-state index >= 15 is 0 Å². The zero-order chi connectivity index (χ0) is 19.8. The maximum Gasteiger partial charge on any atom is 0.0320 e. The SMILES string of the molecule is CC(C)(C)c1ccc(-c2ccc(N)cc2-c2ccc(C(C)(C)C)cc2)cc1. The number of nitrogens with two attached hydrogens (primary N) is 1. The summed E-state index contributed by atoms with van der Waals surface area (Å²) in [5, 5.41) is 0. The molecule has 0 saturated carbocycles. The van der Waals surface area contributed by atoms with Crippen molar-refractivity contribution in [3.8, 4) is 22.3 Å². The molecule has 0 bridgehead atoms. The number of hydrogen-bond acceptors (Lipinski definition) is 1. The lowest BCUT2D eigenvalue weighted by molar-refractivity contribution is 0.590. The predicted octanol–water partition coefficient (Wildman–Crippen LogP) is 7.20. The van der Waals surface area contributed by atoms with Gasteiger partial charge in [0.1, 0.15) is 0 Å². The van der Waals surface area contributed by atoms with Crippen molar-refractivity contribution in [1.82, 2.24) is 0 Å². The van der Waals surface area contributed by atoms with E-state index in [1.54, 1.807) is 0 Å². The first-order valence-electron chi connectivity index (χ1n) is 9.67. The van der Waals surface area contributed by atoms with E-state index in [2.05, 4.69) is 102 Å². The van der Waals surface area contributed by atoms with E-state index in [1.165, 1.54) is 33.4 Å². The van der Waals surface area contributed by atoms with Crippen LogP contribution in [0.5, 0.6) is 0 Å². The molecule has 0 aromatic heterocycles. The number of rotatable bonds is 2. The molecule has 3 aromatic carbocycles. The van der Waals surface area contributed by atoms with Gasteiger partial charge < -0.3 is 5.73 Å². The first kappa shape index (κ1) is 19.2. The molecular weight excluding hydrogens is 326 g/mol. The Hall–Kier alpha value is -2.54. The lowest BCUT2D eigenvalue weighted by Gasteiger charge is -2.20. The Bertz CT molecular complexity index is 918. The third-order valence-electron chi connectivity index (χ3n) is 5.17. The minimum absolute atomic E-state index is 0.153. The average molecular weight is 358 g/mol. The van der Waals surface area contributed by atoms with Crippen LogP contribution in [-0.4, -0.2) is 0 Å². The van der Waals surface area contributed by atoms with Crippen LogP contribution < -0.4 is 5.73 Å². The molecule has 0 radical (unpaired) electrons. The highest BCUT2D eigenvalue weighted by atomic mass is 14.5. The van der Waals surface area contributed by atoms with Gasteiger partial charge in [-0.1, -0.05) is 96.1 Å². The normalized spacial score (nSPS) is 12.2. The highest BCUT2D eigenvalue weighted by molar-refractivity contribution is 5.85. The summed E-state index contributed by atoms with van der Waals surface area (Å²) in [6.45, 7) is 13.5. The van der Waals surface area contributed by atoms with Crippen LogP contribution in [0.1, 0.15) is 52.7 Å². The summed E-state index contributed by atoms with van der Waals surface area (Å²) < 4.78 is 0. The van der Waals surface area contributed by atoms with Gasteiger partial charge in [0.25, 0.3) is 0 Å². The molecule has 0 saturated heterocycles. The molecule has 3 aromatic rings. The number of hydrogen-bond donors (Lipinski definition) is 1. The maximum absolute atomic E-state index is 6.12. The fraction of sp³-hybridized carbons (Fsp3) is 0.308. The molecule has 0 unspecified atom stereocenters. The van der Waals surface area contributed by atoms with Crippen LogP contribution >= 0.6 is 0 Å². The standard InChI is InChI=1S/C26H31N/c1-25(2,3)20-11-7-18(8-12-20)23-16-15-22(27)17-24(23)19-9-13-21(14-10-19)26(4,5)6/h7-17H,27H2,1-6H3. The minimum Gasteiger partial charge on any atom is -0.399 e. The van der Waals surface area contributed by atoms with Crippen LogP contribution in [0.4, 0.5) is 5.69 Å². The molecule has 0 aliphatic heterocycles. The van der Waals surface area contributed by atoms with E-state index in [9.17, 15) is 0 Å². The Balaban J connectivity index is 2.06. The molecule has 0 atom stereocenters. The smallest absolute Gasteiger partial charge is 0.0320 e. The summed E-state index contributed by atoms with van der Waals surface area (Å²) in [6, 6.07) is 24.0. The number of anilines is 1. The Morgan fingerprint density at radius 3 is 1.33 bits per heavy atom. The molecule has 3 rings (SSSR count). The van der Waals surface area contributed by atoms with Crippen LogP contribution in [0, 0.1) is 0 Å². The van der Waals surface area contributed by atoms with Crippen molar-refractivity contribution < 1.29 is 0 Å². The van der Waals surface area contributed by atoms with Gasteiger partial charge in [-0.2, -0.15) is 0 Å². The summed E-state index contributed by atoms with van der Waals surface area (Å²) in [7, 11) is 0. The maximum atomic E-state index is 6.12. The highest BCUT2D eigenvalue weighted by Crippen LogP contribution is 2.36. The number of nitrogen functional groups attached to an aromatic ring is 1. The topological polar surface area (TPSA) is 26.0 Å². The fourth-order valence-corrected chi connectivity index (χ4v) is 3.35. The van der Waals surface area contributed by atoms with Crippen LogP contribution in [0.2, 0.25) is 0 Å². The molecule has 0 aliphatic carbocycles. The Morgan fingerprint density at radius 1 is 0.519 bits per heavy atom. The second-order valence-electron chi connectivity index (χ2n) is 9.46. The van der Waals surface area contributed by atoms with Gasteiger partial charge >= 0.3 is 0 Å². The van der Waals surface area contributed by atoms with Crippen LogP contribution in [0.25, 0.3) is 22.3 Å². The first-order chi connectivity index (χ1) is 12.6. The largest absolute Gasteiger partial charge is 0.399 e. The third kappa shape index (κ3) is 4.24. The molecule has 0 aliphatic rings. The third-order valence-corrected chi connectivity index (χ3v) is 5.17. The van der Waals surface area contributed by atoms with E-state index in [1.807, 2.05) is 6.07 Å². The van der Waals surface area contributed by atoms with E-state index in [0.717, 1.165) is 5.69 Å². The summed E-state index contributed by atoms with van der Waals surface area (Å²) in [5.74, 6) is 0. The lowest BCUT2D eigenvalue weighted by Crippen LogP contribution is -2.10. The van der Waals surface area contributed by atoms with E-state index in [4.69, 9.17) is 5.73 Å². The van der Waals surface area contributed by atoms with Crippen molar-refractivity contribution in [3.05, 3.63) is 77.9 Å². The van der Waals surface area contributed by atoms with Crippen molar-refractivity contribution in [1.29, 1.82) is 0 Å². The first-order valence-corrected chi connectivity index (χ1v) is 9.67. The summed E-state index contributed by atoms with van der Waals surface area (Å²) in [4.78, 5) is 0. The number of benzene rings is 3. The fourth-order valence-electron chi connectivity index (χ4n) is 3.35. The molecule has 140 valence electrons. The Morgan fingerprint density at radius 2 is 0.926 bits per heavy atom. The van der Waals surface area contributed by atoms with Gasteiger partial charge in [0.15, 0.2) is 0 Å². The van der Waals surface area contributed by atoms with E-state index < -0.39 is 0 Å². The van der Waals surface area contributed by atoms with Crippen LogP contribution in [-0.2, 0) is 10.8 Å². The molecule has 1 nitrogen and oxygen atoms in total. The quantitative estimate of drug-likeness (QED) is 0.482. The van der Waals surface area contributed by atoms with Gasteiger partial charge in [0.05, 0.1) is 0 Å². The van der Waals surface area contributed by atoms with Crippen molar-refractivity contribution in [3.63, 3.8) is 0 Å². The monoisotopic (exact) mass is 357 g/mol. The van der Waals surface area contributed by atoms with Gasteiger partial charge in [-0.3, -0.25) is 0 Å².